The third-order valence-corrected chi connectivity index (χ3v) is 8.12. The van der Waals surface area contributed by atoms with Crippen molar-refractivity contribution in [2.75, 3.05) is 23.7 Å². The highest BCUT2D eigenvalue weighted by molar-refractivity contribution is 6.00. The maximum absolute atomic E-state index is 13.0. The van der Waals surface area contributed by atoms with Crippen LogP contribution in [-0.4, -0.2) is 68.6 Å². The third kappa shape index (κ3) is 7.97. The van der Waals surface area contributed by atoms with Gasteiger partial charge in [-0.3, -0.25) is 29.1 Å². The van der Waals surface area contributed by atoms with Crippen molar-refractivity contribution in [2.24, 2.45) is 0 Å². The minimum absolute atomic E-state index is 0.121. The van der Waals surface area contributed by atoms with Gasteiger partial charge in [-0.15, -0.1) is 0 Å². The lowest BCUT2D eigenvalue weighted by Gasteiger charge is -2.24. The van der Waals surface area contributed by atoms with Crippen LogP contribution in [-0.2, 0) is 32.0 Å². The molecule has 10 heteroatoms. The fraction of sp³-hybridized carbons (Fsp3) is 0.158. The number of hydrogen-bond acceptors (Lipinski definition) is 6. The number of nitrogens with one attached hydrogen (secondary N) is 2. The molecular weight excluding hydrogens is 604 g/mol. The van der Waals surface area contributed by atoms with Crippen molar-refractivity contribution in [3.63, 3.8) is 0 Å². The molecule has 2 aromatic carbocycles. The summed E-state index contributed by atoms with van der Waals surface area (Å²) in [4.78, 5) is 62.9. The van der Waals surface area contributed by atoms with E-state index < -0.39 is 12.1 Å². The second-order valence-electron chi connectivity index (χ2n) is 11.5. The summed E-state index contributed by atoms with van der Waals surface area (Å²) < 4.78 is 0. The summed E-state index contributed by atoms with van der Waals surface area (Å²) in [6, 6.07) is 20.7. The highest BCUT2D eigenvalue weighted by Crippen LogP contribution is 2.19. The van der Waals surface area contributed by atoms with Crippen molar-refractivity contribution in [1.29, 1.82) is 0 Å². The Hall–Kier alpha value is -6.16. The monoisotopic (exact) mass is 638 g/mol. The van der Waals surface area contributed by atoms with Gasteiger partial charge in [-0.05, 0) is 70.8 Å². The maximum atomic E-state index is 13.0. The summed E-state index contributed by atoms with van der Waals surface area (Å²) >= 11 is 0. The molecule has 48 heavy (non-hydrogen) atoms. The average molecular weight is 639 g/mol. The van der Waals surface area contributed by atoms with Gasteiger partial charge < -0.3 is 20.4 Å². The standard InChI is InChI=1S/C38H34N6O4/c45-35(25-29-15-19-39-20-16-29)43-23-1-3-33(43)37(47)41-31-11-7-27(8-12-31)5-6-28-9-13-32(14-10-28)42-38(48)34-4-2-24-44(34)36(46)26-30-17-21-40-22-18-30/h1-22,33-34H,23-26H2,(H,41,47)(H,42,48)/b6-5+/t33-,34-/m0/s1. The van der Waals surface area contributed by atoms with E-state index in [9.17, 15) is 19.2 Å². The zero-order valence-corrected chi connectivity index (χ0v) is 26.1. The van der Waals surface area contributed by atoms with Crippen molar-refractivity contribution < 1.29 is 19.2 Å². The van der Waals surface area contributed by atoms with E-state index in [1.807, 2.05) is 72.8 Å². The van der Waals surface area contributed by atoms with Crippen LogP contribution in [0.4, 0.5) is 11.4 Å². The number of hydrogen-bond donors (Lipinski definition) is 2. The Bertz CT molecular complexity index is 1720. The highest BCUT2D eigenvalue weighted by atomic mass is 16.2. The van der Waals surface area contributed by atoms with Crippen molar-refractivity contribution >= 4 is 47.2 Å². The Kier molecular flexibility index (Phi) is 9.91. The van der Waals surface area contributed by atoms with Gasteiger partial charge in [0.15, 0.2) is 0 Å². The lowest BCUT2D eigenvalue weighted by Crippen LogP contribution is -2.44. The van der Waals surface area contributed by atoms with Crippen LogP contribution in [0.1, 0.15) is 22.3 Å². The second kappa shape index (κ2) is 15.0. The van der Waals surface area contributed by atoms with Gasteiger partial charge in [0.2, 0.25) is 11.8 Å². The molecule has 2 atom stereocenters. The maximum Gasteiger partial charge on any atom is 0.251 e. The number of carbonyl (C=O) groups is 4. The first-order valence-electron chi connectivity index (χ1n) is 15.6. The summed E-state index contributed by atoms with van der Waals surface area (Å²) in [5, 5.41) is 5.83. The largest absolute Gasteiger partial charge is 0.324 e. The van der Waals surface area contributed by atoms with E-state index in [-0.39, 0.29) is 36.5 Å². The molecule has 4 heterocycles. The van der Waals surface area contributed by atoms with Crippen LogP contribution in [0, 0.1) is 0 Å². The van der Waals surface area contributed by atoms with E-state index in [1.165, 1.54) is 0 Å². The molecule has 10 nitrogen and oxygen atoms in total. The van der Waals surface area contributed by atoms with Crippen LogP contribution in [0.3, 0.4) is 0 Å². The zero-order chi connectivity index (χ0) is 33.3. The van der Waals surface area contributed by atoms with E-state index in [4.69, 9.17) is 0 Å². The number of carbonyl (C=O) groups excluding carboxylic acids is 4. The normalized spacial score (nSPS) is 16.8. The smallest absolute Gasteiger partial charge is 0.251 e. The summed E-state index contributed by atoms with van der Waals surface area (Å²) in [5.41, 5.74) is 4.84. The molecule has 6 rings (SSSR count). The molecule has 2 aliphatic rings. The summed E-state index contributed by atoms with van der Waals surface area (Å²) in [6.45, 7) is 0.786. The van der Waals surface area contributed by atoms with Crippen LogP contribution in [0.5, 0.6) is 0 Å². The minimum Gasteiger partial charge on any atom is -0.324 e. The lowest BCUT2D eigenvalue weighted by molar-refractivity contribution is -0.135. The van der Waals surface area contributed by atoms with Gasteiger partial charge in [-0.1, -0.05) is 60.7 Å². The molecule has 4 amide bonds. The number of amides is 4. The number of anilines is 2. The predicted octanol–water partition coefficient (Wildman–Crippen LogP) is 4.54. The van der Waals surface area contributed by atoms with E-state index in [0.29, 0.717) is 24.5 Å². The van der Waals surface area contributed by atoms with Gasteiger partial charge >= 0.3 is 0 Å². The fourth-order valence-corrected chi connectivity index (χ4v) is 5.55. The van der Waals surface area contributed by atoms with Crippen LogP contribution in [0.15, 0.2) is 122 Å². The quantitative estimate of drug-likeness (QED) is 0.194. The fourth-order valence-electron chi connectivity index (χ4n) is 5.55. The molecule has 0 radical (unpaired) electrons. The molecule has 2 aromatic heterocycles. The molecule has 2 N–H and O–H groups in total. The Balaban J connectivity index is 0.988. The molecule has 0 aliphatic carbocycles. The van der Waals surface area contributed by atoms with E-state index >= 15 is 0 Å². The molecule has 0 unspecified atom stereocenters. The first-order chi connectivity index (χ1) is 23.4. The molecule has 0 saturated carbocycles. The van der Waals surface area contributed by atoms with Gasteiger partial charge in [-0.25, -0.2) is 0 Å². The molecular formula is C38H34N6O4. The summed E-state index contributed by atoms with van der Waals surface area (Å²) in [7, 11) is 0. The molecule has 0 bridgehead atoms. The van der Waals surface area contributed by atoms with Gasteiger partial charge in [0, 0.05) is 49.3 Å². The Labute approximate surface area is 278 Å². The van der Waals surface area contributed by atoms with Crippen molar-refractivity contribution in [2.45, 2.75) is 24.9 Å². The Morgan fingerprint density at radius 3 is 1.33 bits per heavy atom. The van der Waals surface area contributed by atoms with Crippen LogP contribution in [0.2, 0.25) is 0 Å². The summed E-state index contributed by atoms with van der Waals surface area (Å²) in [6.07, 6.45) is 18.1. The topological polar surface area (TPSA) is 125 Å². The third-order valence-electron chi connectivity index (χ3n) is 8.12. The van der Waals surface area contributed by atoms with Crippen LogP contribution >= 0.6 is 0 Å². The van der Waals surface area contributed by atoms with Crippen molar-refractivity contribution in [1.82, 2.24) is 19.8 Å². The molecule has 0 fully saturated rings. The van der Waals surface area contributed by atoms with Gasteiger partial charge in [-0.2, -0.15) is 0 Å². The number of benzene rings is 2. The Morgan fingerprint density at radius 1 is 0.583 bits per heavy atom. The number of rotatable bonds is 10. The predicted molar refractivity (Wildman–Crippen MR) is 184 cm³/mol. The molecule has 0 spiro atoms. The van der Waals surface area contributed by atoms with Crippen molar-refractivity contribution in [3.05, 3.63) is 144 Å². The first kappa shape index (κ1) is 31.8. The number of pyridine rings is 2. The number of nitrogens with zero attached hydrogens (tertiary/aromatic N) is 4. The van der Waals surface area contributed by atoms with Gasteiger partial charge in [0.25, 0.3) is 11.8 Å². The summed E-state index contributed by atoms with van der Waals surface area (Å²) in [5.74, 6) is -0.778. The van der Waals surface area contributed by atoms with Gasteiger partial charge in [0.05, 0.1) is 12.8 Å². The SMILES string of the molecule is O=C(Nc1ccc(/C=C/c2ccc(NC(=O)[C@@H]3C=CCN3C(=O)Cc3ccncc3)cc2)cc1)[C@@H]1C=CCN1C(=O)Cc1ccncc1. The lowest BCUT2D eigenvalue weighted by atomic mass is 10.1. The molecule has 0 saturated heterocycles. The van der Waals surface area contributed by atoms with E-state index in [0.717, 1.165) is 22.3 Å². The first-order valence-corrected chi connectivity index (χ1v) is 15.6. The van der Waals surface area contributed by atoms with Crippen LogP contribution in [0.25, 0.3) is 12.2 Å². The molecule has 4 aromatic rings. The highest BCUT2D eigenvalue weighted by Gasteiger charge is 2.31. The molecule has 2 aliphatic heterocycles. The van der Waals surface area contributed by atoms with E-state index in [1.54, 1.807) is 71.0 Å². The minimum atomic E-state index is -0.666. The second-order valence-corrected chi connectivity index (χ2v) is 11.5. The van der Waals surface area contributed by atoms with E-state index in [2.05, 4.69) is 20.6 Å². The number of aromatic nitrogens is 2. The molecule has 240 valence electrons. The average Bonchev–Trinajstić information content (AvgIpc) is 3.81. The Morgan fingerprint density at radius 2 is 0.958 bits per heavy atom. The van der Waals surface area contributed by atoms with Crippen molar-refractivity contribution in [3.8, 4) is 0 Å². The van der Waals surface area contributed by atoms with Gasteiger partial charge in [0.1, 0.15) is 12.1 Å². The zero-order valence-electron chi connectivity index (χ0n) is 26.1. The van der Waals surface area contributed by atoms with Crippen LogP contribution < -0.4 is 10.6 Å².